The van der Waals surface area contributed by atoms with Crippen molar-refractivity contribution in [2.75, 3.05) is 19.8 Å². The van der Waals surface area contributed by atoms with Gasteiger partial charge in [0.15, 0.2) is 11.5 Å². The third kappa shape index (κ3) is 3.53. The molecular weight excluding hydrogens is 369 g/mol. The van der Waals surface area contributed by atoms with Gasteiger partial charge >= 0.3 is 0 Å². The number of nitrogens with one attached hydrogen (secondary N) is 1. The highest BCUT2D eigenvalue weighted by molar-refractivity contribution is 7.89. The van der Waals surface area contributed by atoms with E-state index in [1.165, 1.54) is 18.2 Å². The topological polar surface area (TPSA) is 64.6 Å². The van der Waals surface area contributed by atoms with Crippen LogP contribution in [0.4, 0.5) is 4.39 Å². The Hall–Kier alpha value is -2.12. The second-order valence-corrected chi connectivity index (χ2v) is 8.84. The molecule has 144 valence electrons. The standard InChI is InChI=1S/C20H22FNO4S/c21-16-5-1-2-6-19(16)27(23,24)22-14-20(9-3-4-10-20)15-7-8-17-18(13-15)26-12-11-25-17/h1-2,5-8,13,22H,3-4,9-12,14H2. The van der Waals surface area contributed by atoms with Crippen LogP contribution in [0.1, 0.15) is 31.2 Å². The molecule has 0 saturated heterocycles. The largest absolute Gasteiger partial charge is 0.486 e. The lowest BCUT2D eigenvalue weighted by Gasteiger charge is -2.31. The van der Waals surface area contributed by atoms with Crippen LogP contribution in [-0.4, -0.2) is 28.2 Å². The lowest BCUT2D eigenvalue weighted by atomic mass is 9.79. The minimum atomic E-state index is -3.92. The molecule has 2 aromatic carbocycles. The van der Waals surface area contributed by atoms with Gasteiger partial charge in [-0.25, -0.2) is 17.5 Å². The molecule has 7 heteroatoms. The molecule has 1 aliphatic heterocycles. The molecule has 1 heterocycles. The first-order chi connectivity index (χ1) is 13.0. The van der Waals surface area contributed by atoms with Crippen molar-refractivity contribution in [2.24, 2.45) is 0 Å². The van der Waals surface area contributed by atoms with E-state index in [2.05, 4.69) is 4.72 Å². The molecule has 27 heavy (non-hydrogen) atoms. The van der Waals surface area contributed by atoms with Crippen molar-refractivity contribution in [2.45, 2.75) is 36.0 Å². The molecule has 5 nitrogen and oxygen atoms in total. The molecule has 1 N–H and O–H groups in total. The van der Waals surface area contributed by atoms with E-state index in [-0.39, 0.29) is 16.9 Å². The van der Waals surface area contributed by atoms with Crippen LogP contribution in [-0.2, 0) is 15.4 Å². The highest BCUT2D eigenvalue weighted by atomic mass is 32.2. The van der Waals surface area contributed by atoms with Gasteiger partial charge in [0, 0.05) is 12.0 Å². The molecule has 0 amide bonds. The fourth-order valence-electron chi connectivity index (χ4n) is 3.97. The van der Waals surface area contributed by atoms with Gasteiger partial charge in [0.25, 0.3) is 0 Å². The van der Waals surface area contributed by atoms with E-state index in [1.54, 1.807) is 0 Å². The van der Waals surface area contributed by atoms with Crippen molar-refractivity contribution >= 4 is 10.0 Å². The first-order valence-electron chi connectivity index (χ1n) is 9.15. The third-order valence-corrected chi connectivity index (χ3v) is 6.88. The molecular formula is C20H22FNO4S. The van der Waals surface area contributed by atoms with Crippen molar-refractivity contribution in [3.8, 4) is 11.5 Å². The summed E-state index contributed by atoms with van der Waals surface area (Å²) in [7, 11) is -3.92. The number of ether oxygens (including phenoxy) is 2. The van der Waals surface area contributed by atoms with Crippen LogP contribution in [0, 0.1) is 5.82 Å². The van der Waals surface area contributed by atoms with Gasteiger partial charge in [0.2, 0.25) is 10.0 Å². The number of benzene rings is 2. The van der Waals surface area contributed by atoms with Crippen LogP contribution in [0.25, 0.3) is 0 Å². The van der Waals surface area contributed by atoms with Crippen molar-refractivity contribution in [3.63, 3.8) is 0 Å². The van der Waals surface area contributed by atoms with Crippen LogP contribution in [0.15, 0.2) is 47.4 Å². The Bertz CT molecular complexity index is 939. The molecule has 1 fully saturated rings. The average Bonchev–Trinajstić information content (AvgIpc) is 3.17. The van der Waals surface area contributed by atoms with Crippen molar-refractivity contribution in [1.29, 1.82) is 0 Å². The Morgan fingerprint density at radius 3 is 2.44 bits per heavy atom. The molecule has 2 aromatic rings. The lowest BCUT2D eigenvalue weighted by Crippen LogP contribution is -2.39. The normalized spacial score (nSPS) is 18.4. The number of hydrogen-bond donors (Lipinski definition) is 1. The molecule has 1 saturated carbocycles. The summed E-state index contributed by atoms with van der Waals surface area (Å²) in [4.78, 5) is -0.319. The van der Waals surface area contributed by atoms with E-state index in [0.29, 0.717) is 24.7 Å². The Kier molecular flexibility index (Phi) is 4.82. The Labute approximate surface area is 158 Å². The summed E-state index contributed by atoms with van der Waals surface area (Å²) in [5.74, 6) is 0.664. The van der Waals surface area contributed by atoms with Gasteiger partial charge in [-0.05, 0) is 42.7 Å². The summed E-state index contributed by atoms with van der Waals surface area (Å²) in [5, 5.41) is 0. The lowest BCUT2D eigenvalue weighted by molar-refractivity contribution is 0.171. The van der Waals surface area contributed by atoms with Crippen LogP contribution in [0.3, 0.4) is 0 Å². The predicted octanol–water partition coefficient (Wildman–Crippen LogP) is 3.39. The van der Waals surface area contributed by atoms with Gasteiger partial charge in [-0.1, -0.05) is 31.0 Å². The van der Waals surface area contributed by atoms with Crippen LogP contribution in [0.5, 0.6) is 11.5 Å². The molecule has 0 aromatic heterocycles. The van der Waals surface area contributed by atoms with Gasteiger partial charge in [-0.15, -0.1) is 0 Å². The fourth-order valence-corrected chi connectivity index (χ4v) is 5.17. The maximum atomic E-state index is 13.9. The monoisotopic (exact) mass is 391 g/mol. The molecule has 4 rings (SSSR count). The second kappa shape index (κ2) is 7.13. The summed E-state index contributed by atoms with van der Waals surface area (Å²) < 4.78 is 53.1. The molecule has 0 unspecified atom stereocenters. The minimum absolute atomic E-state index is 0.226. The maximum Gasteiger partial charge on any atom is 0.243 e. The Balaban J connectivity index is 1.61. The zero-order valence-corrected chi connectivity index (χ0v) is 15.7. The number of sulfonamides is 1. The first-order valence-corrected chi connectivity index (χ1v) is 10.6. The van der Waals surface area contributed by atoms with E-state index < -0.39 is 15.8 Å². The number of hydrogen-bond acceptors (Lipinski definition) is 4. The average molecular weight is 391 g/mol. The van der Waals surface area contributed by atoms with Crippen LogP contribution in [0.2, 0.25) is 0 Å². The molecule has 0 radical (unpaired) electrons. The van der Waals surface area contributed by atoms with E-state index in [4.69, 9.17) is 9.47 Å². The maximum absolute atomic E-state index is 13.9. The summed E-state index contributed by atoms with van der Waals surface area (Å²) in [6.45, 7) is 1.26. The number of rotatable bonds is 5. The fraction of sp³-hybridized carbons (Fsp3) is 0.400. The molecule has 1 aliphatic carbocycles. The summed E-state index contributed by atoms with van der Waals surface area (Å²) in [6, 6.07) is 11.2. The molecule has 2 aliphatic rings. The Morgan fingerprint density at radius 2 is 1.70 bits per heavy atom. The zero-order valence-electron chi connectivity index (χ0n) is 14.9. The van der Waals surface area contributed by atoms with Gasteiger partial charge in [0.1, 0.15) is 23.9 Å². The van der Waals surface area contributed by atoms with Crippen molar-refractivity contribution < 1.29 is 22.3 Å². The third-order valence-electron chi connectivity index (χ3n) is 5.44. The quantitative estimate of drug-likeness (QED) is 0.849. The van der Waals surface area contributed by atoms with E-state index in [0.717, 1.165) is 37.3 Å². The van der Waals surface area contributed by atoms with Gasteiger partial charge in [-0.2, -0.15) is 0 Å². The highest BCUT2D eigenvalue weighted by Crippen LogP contribution is 2.44. The summed E-state index contributed by atoms with van der Waals surface area (Å²) >= 11 is 0. The minimum Gasteiger partial charge on any atom is -0.486 e. The van der Waals surface area contributed by atoms with E-state index >= 15 is 0 Å². The van der Waals surface area contributed by atoms with E-state index in [1.807, 2.05) is 18.2 Å². The first kappa shape index (κ1) is 18.3. The van der Waals surface area contributed by atoms with Gasteiger partial charge in [-0.3, -0.25) is 0 Å². The van der Waals surface area contributed by atoms with Gasteiger partial charge < -0.3 is 9.47 Å². The smallest absolute Gasteiger partial charge is 0.243 e. The van der Waals surface area contributed by atoms with Crippen molar-refractivity contribution in [1.82, 2.24) is 4.72 Å². The second-order valence-electron chi connectivity index (χ2n) is 7.10. The number of halogens is 1. The SMILES string of the molecule is O=S(=O)(NCC1(c2ccc3c(c2)OCCO3)CCCC1)c1ccccc1F. The molecule has 0 bridgehead atoms. The van der Waals surface area contributed by atoms with Gasteiger partial charge in [0.05, 0.1) is 0 Å². The van der Waals surface area contributed by atoms with Crippen LogP contribution >= 0.6 is 0 Å². The highest BCUT2D eigenvalue weighted by Gasteiger charge is 2.38. The van der Waals surface area contributed by atoms with Crippen molar-refractivity contribution in [3.05, 3.63) is 53.8 Å². The van der Waals surface area contributed by atoms with E-state index in [9.17, 15) is 12.8 Å². The molecule has 0 spiro atoms. The summed E-state index contributed by atoms with van der Waals surface area (Å²) in [6.07, 6.45) is 3.78. The Morgan fingerprint density at radius 1 is 1.00 bits per heavy atom. The molecule has 0 atom stereocenters. The number of fused-ring (bicyclic) bond motifs is 1. The van der Waals surface area contributed by atoms with Crippen LogP contribution < -0.4 is 14.2 Å². The predicted molar refractivity (Wildman–Crippen MR) is 99.2 cm³/mol. The zero-order chi connectivity index (χ0) is 18.9. The summed E-state index contributed by atoms with van der Waals surface area (Å²) in [5.41, 5.74) is 0.703.